The fraction of sp³-hybridized carbons (Fsp3) is 0.333. The smallest absolute Gasteiger partial charge is 0.337 e. The van der Waals surface area contributed by atoms with Gasteiger partial charge < -0.3 is 9.64 Å². The molecular formula is C21H21NO3. The zero-order valence-corrected chi connectivity index (χ0v) is 14.3. The van der Waals surface area contributed by atoms with E-state index in [1.54, 1.807) is 6.07 Å². The first kappa shape index (κ1) is 15.9. The summed E-state index contributed by atoms with van der Waals surface area (Å²) in [7, 11) is 1.38. The Balaban J connectivity index is 1.66. The quantitative estimate of drug-likeness (QED) is 0.807. The first-order chi connectivity index (χ1) is 12.2. The molecule has 1 aliphatic heterocycles. The summed E-state index contributed by atoms with van der Waals surface area (Å²) in [6, 6.07) is 15.6. The number of benzene rings is 2. The summed E-state index contributed by atoms with van der Waals surface area (Å²) in [5.74, 6) is -0.151. The second-order valence-corrected chi connectivity index (χ2v) is 6.84. The van der Waals surface area contributed by atoms with Gasteiger partial charge in [-0.15, -0.1) is 0 Å². The molecule has 0 aromatic heterocycles. The third kappa shape index (κ3) is 2.44. The normalized spacial score (nSPS) is 17.6. The number of hydrogen-bond donors (Lipinski definition) is 0. The molecule has 25 heavy (non-hydrogen) atoms. The highest BCUT2D eigenvalue weighted by atomic mass is 16.5. The average Bonchev–Trinajstić information content (AvgIpc) is 3.04. The number of fused-ring (bicyclic) bond motifs is 1. The minimum Gasteiger partial charge on any atom is -0.465 e. The molecule has 0 bridgehead atoms. The number of methoxy groups -OCH3 is 1. The average molecular weight is 335 g/mol. The second kappa shape index (κ2) is 6.03. The van der Waals surface area contributed by atoms with Crippen LogP contribution in [0.4, 0.5) is 5.69 Å². The van der Waals surface area contributed by atoms with Crippen molar-refractivity contribution in [2.24, 2.45) is 0 Å². The van der Waals surface area contributed by atoms with Crippen LogP contribution < -0.4 is 4.90 Å². The highest BCUT2D eigenvalue weighted by Gasteiger charge is 2.48. The molecule has 4 nitrogen and oxygen atoms in total. The lowest BCUT2D eigenvalue weighted by Crippen LogP contribution is -2.50. The topological polar surface area (TPSA) is 46.6 Å². The van der Waals surface area contributed by atoms with E-state index < -0.39 is 0 Å². The van der Waals surface area contributed by atoms with Crippen LogP contribution in [0, 0.1) is 0 Å². The van der Waals surface area contributed by atoms with Crippen LogP contribution in [-0.2, 0) is 21.4 Å². The predicted octanol–water partition coefficient (Wildman–Crippen LogP) is 3.48. The molecule has 0 radical (unpaired) electrons. The minimum atomic E-state index is -0.385. The van der Waals surface area contributed by atoms with E-state index in [2.05, 4.69) is 12.1 Å². The fourth-order valence-corrected chi connectivity index (χ4v) is 4.03. The third-order valence-electron chi connectivity index (χ3n) is 5.58. The number of amides is 1. The molecule has 4 heteroatoms. The summed E-state index contributed by atoms with van der Waals surface area (Å²) >= 11 is 0. The molecule has 0 unspecified atom stereocenters. The van der Waals surface area contributed by atoms with Gasteiger partial charge in [0.05, 0.1) is 18.1 Å². The van der Waals surface area contributed by atoms with Crippen molar-refractivity contribution in [2.75, 3.05) is 18.6 Å². The Bertz CT molecular complexity index is 824. The number of ether oxygens (including phenoxy) is 1. The van der Waals surface area contributed by atoms with Crippen LogP contribution in [0.1, 0.15) is 40.7 Å². The van der Waals surface area contributed by atoms with E-state index in [0.717, 1.165) is 42.5 Å². The van der Waals surface area contributed by atoms with Gasteiger partial charge in [0.1, 0.15) is 0 Å². The molecule has 0 spiro atoms. The van der Waals surface area contributed by atoms with Crippen LogP contribution in [0.5, 0.6) is 0 Å². The van der Waals surface area contributed by atoms with E-state index >= 15 is 0 Å². The van der Waals surface area contributed by atoms with E-state index in [9.17, 15) is 9.59 Å². The summed E-state index contributed by atoms with van der Waals surface area (Å²) in [5.41, 5.74) is 3.24. The van der Waals surface area contributed by atoms with Crippen molar-refractivity contribution in [1.82, 2.24) is 0 Å². The second-order valence-electron chi connectivity index (χ2n) is 6.84. The summed E-state index contributed by atoms with van der Waals surface area (Å²) in [6.45, 7) is 0.674. The van der Waals surface area contributed by atoms with Gasteiger partial charge in [-0.25, -0.2) is 4.79 Å². The van der Waals surface area contributed by atoms with Gasteiger partial charge in [0.2, 0.25) is 5.91 Å². The van der Waals surface area contributed by atoms with Gasteiger partial charge in [0.25, 0.3) is 0 Å². The molecule has 1 aliphatic carbocycles. The Hall–Kier alpha value is -2.62. The number of carbonyl (C=O) groups excluding carboxylic acids is 2. The van der Waals surface area contributed by atoms with Crippen LogP contribution in [0.2, 0.25) is 0 Å². The third-order valence-corrected chi connectivity index (χ3v) is 5.58. The minimum absolute atomic E-state index is 0.189. The maximum absolute atomic E-state index is 13.4. The summed E-state index contributed by atoms with van der Waals surface area (Å²) in [5, 5.41) is 0. The van der Waals surface area contributed by atoms with E-state index in [-0.39, 0.29) is 17.3 Å². The molecule has 0 N–H and O–H groups in total. The first-order valence-electron chi connectivity index (χ1n) is 8.74. The Morgan fingerprint density at radius 1 is 1.08 bits per heavy atom. The van der Waals surface area contributed by atoms with Gasteiger partial charge in [0.15, 0.2) is 0 Å². The fourth-order valence-electron chi connectivity index (χ4n) is 4.03. The number of anilines is 1. The summed E-state index contributed by atoms with van der Waals surface area (Å²) in [4.78, 5) is 27.1. The van der Waals surface area contributed by atoms with Crippen molar-refractivity contribution in [3.05, 3.63) is 65.2 Å². The summed E-state index contributed by atoms with van der Waals surface area (Å²) < 4.78 is 4.79. The lowest BCUT2D eigenvalue weighted by Gasteiger charge is -2.43. The Morgan fingerprint density at radius 3 is 2.48 bits per heavy atom. The Kier molecular flexibility index (Phi) is 3.83. The maximum atomic E-state index is 13.4. The monoisotopic (exact) mass is 335 g/mol. The van der Waals surface area contributed by atoms with Crippen LogP contribution in [0.3, 0.4) is 0 Å². The van der Waals surface area contributed by atoms with E-state index in [1.807, 2.05) is 35.2 Å². The lowest BCUT2D eigenvalue weighted by molar-refractivity contribution is -0.127. The highest BCUT2D eigenvalue weighted by Crippen LogP contribution is 2.46. The van der Waals surface area contributed by atoms with Crippen molar-refractivity contribution in [2.45, 2.75) is 31.1 Å². The molecule has 128 valence electrons. The SMILES string of the molecule is COC(=O)c1ccc2c(c1)CCN2C(=O)C1(c2ccccc2)CCC1. The van der Waals surface area contributed by atoms with Crippen LogP contribution >= 0.6 is 0 Å². The molecule has 1 heterocycles. The highest BCUT2D eigenvalue weighted by molar-refractivity contribution is 6.03. The van der Waals surface area contributed by atoms with E-state index in [1.165, 1.54) is 7.11 Å². The molecular weight excluding hydrogens is 314 g/mol. The molecule has 2 aliphatic rings. The molecule has 1 saturated carbocycles. The lowest BCUT2D eigenvalue weighted by atomic mass is 9.63. The van der Waals surface area contributed by atoms with Crippen molar-refractivity contribution < 1.29 is 14.3 Å². The largest absolute Gasteiger partial charge is 0.465 e. The van der Waals surface area contributed by atoms with E-state index in [4.69, 9.17) is 4.74 Å². The van der Waals surface area contributed by atoms with Crippen molar-refractivity contribution >= 4 is 17.6 Å². The Morgan fingerprint density at radius 2 is 1.84 bits per heavy atom. The van der Waals surface area contributed by atoms with Crippen molar-refractivity contribution in [3.63, 3.8) is 0 Å². The van der Waals surface area contributed by atoms with Crippen molar-refractivity contribution in [3.8, 4) is 0 Å². The predicted molar refractivity (Wildman–Crippen MR) is 95.8 cm³/mol. The van der Waals surface area contributed by atoms with Crippen molar-refractivity contribution in [1.29, 1.82) is 0 Å². The van der Waals surface area contributed by atoms with Gasteiger partial charge in [-0.05, 0) is 48.6 Å². The molecule has 4 rings (SSSR count). The number of nitrogens with zero attached hydrogens (tertiary/aromatic N) is 1. The molecule has 0 atom stereocenters. The zero-order valence-electron chi connectivity index (χ0n) is 14.3. The summed E-state index contributed by atoms with van der Waals surface area (Å²) in [6.07, 6.45) is 3.67. The van der Waals surface area contributed by atoms with Gasteiger partial charge in [-0.3, -0.25) is 4.79 Å². The van der Waals surface area contributed by atoms with Crippen LogP contribution in [0.15, 0.2) is 48.5 Å². The Labute approximate surface area is 147 Å². The number of esters is 1. The van der Waals surface area contributed by atoms with Gasteiger partial charge in [-0.1, -0.05) is 36.8 Å². The van der Waals surface area contributed by atoms with Crippen LogP contribution in [0.25, 0.3) is 0 Å². The van der Waals surface area contributed by atoms with Gasteiger partial charge >= 0.3 is 5.97 Å². The van der Waals surface area contributed by atoms with Gasteiger partial charge in [-0.2, -0.15) is 0 Å². The van der Waals surface area contributed by atoms with E-state index in [0.29, 0.717) is 12.1 Å². The molecule has 0 saturated heterocycles. The zero-order chi connectivity index (χ0) is 17.4. The van der Waals surface area contributed by atoms with Crippen LogP contribution in [-0.4, -0.2) is 25.5 Å². The molecule has 1 fully saturated rings. The molecule has 2 aromatic rings. The number of hydrogen-bond acceptors (Lipinski definition) is 3. The molecule has 1 amide bonds. The standard InChI is InChI=1S/C21H21NO3/c1-25-19(23)16-8-9-18-15(14-16)10-13-22(18)20(24)21(11-5-12-21)17-6-3-2-4-7-17/h2-4,6-9,14H,5,10-13H2,1H3. The number of rotatable bonds is 3. The van der Waals surface area contributed by atoms with Gasteiger partial charge in [0, 0.05) is 12.2 Å². The molecule has 2 aromatic carbocycles. The number of carbonyl (C=O) groups is 2. The maximum Gasteiger partial charge on any atom is 0.337 e. The first-order valence-corrected chi connectivity index (χ1v) is 8.74.